The molecule has 1 unspecified atom stereocenters. The number of thiophene rings is 1. The summed E-state index contributed by atoms with van der Waals surface area (Å²) in [6, 6.07) is 11.2. The highest BCUT2D eigenvalue weighted by Gasteiger charge is 2.32. The molecule has 1 aromatic heterocycles. The zero-order chi connectivity index (χ0) is 14.9. The predicted molar refractivity (Wildman–Crippen MR) is 88.8 cm³/mol. The summed E-state index contributed by atoms with van der Waals surface area (Å²) in [6.07, 6.45) is 2.63. The Labute approximate surface area is 135 Å². The first-order valence-corrected chi connectivity index (χ1v) is 8.79. The maximum absolute atomic E-state index is 5.73. The highest BCUT2D eigenvalue weighted by Crippen LogP contribution is 2.43. The lowest BCUT2D eigenvalue weighted by Gasteiger charge is -2.23. The largest absolute Gasteiger partial charge is 0.486 e. The van der Waals surface area contributed by atoms with E-state index in [2.05, 4.69) is 42.6 Å². The molecule has 4 heteroatoms. The highest BCUT2D eigenvalue weighted by atomic mass is 32.1. The van der Waals surface area contributed by atoms with Crippen molar-refractivity contribution in [3.63, 3.8) is 0 Å². The van der Waals surface area contributed by atoms with Gasteiger partial charge in [0.25, 0.3) is 0 Å². The van der Waals surface area contributed by atoms with Gasteiger partial charge < -0.3 is 14.8 Å². The average Bonchev–Trinajstić information content (AvgIpc) is 3.29. The molecule has 1 aliphatic carbocycles. The first-order chi connectivity index (χ1) is 10.8. The van der Waals surface area contributed by atoms with E-state index in [-0.39, 0.29) is 0 Å². The van der Waals surface area contributed by atoms with Crippen molar-refractivity contribution < 1.29 is 9.47 Å². The molecule has 3 nitrogen and oxygen atoms in total. The molecule has 0 amide bonds. The van der Waals surface area contributed by atoms with Gasteiger partial charge in [0, 0.05) is 22.3 Å². The minimum Gasteiger partial charge on any atom is -0.486 e. The van der Waals surface area contributed by atoms with Gasteiger partial charge in [0.05, 0.1) is 0 Å². The van der Waals surface area contributed by atoms with Crippen molar-refractivity contribution in [1.29, 1.82) is 0 Å². The predicted octanol–water partition coefficient (Wildman–Crippen LogP) is 4.07. The third-order valence-electron chi connectivity index (χ3n) is 4.31. The monoisotopic (exact) mass is 315 g/mol. The van der Waals surface area contributed by atoms with Gasteiger partial charge >= 0.3 is 0 Å². The molecule has 1 fully saturated rings. The number of hydrogen-bond donors (Lipinski definition) is 1. The van der Waals surface area contributed by atoms with Crippen LogP contribution in [-0.2, 0) is 6.54 Å². The van der Waals surface area contributed by atoms with E-state index in [1.807, 2.05) is 11.3 Å². The summed E-state index contributed by atoms with van der Waals surface area (Å²) in [5.74, 6) is 2.52. The number of aryl methyl sites for hydroxylation is 1. The summed E-state index contributed by atoms with van der Waals surface area (Å²) in [4.78, 5) is 2.78. The van der Waals surface area contributed by atoms with Gasteiger partial charge in [0.15, 0.2) is 11.5 Å². The van der Waals surface area contributed by atoms with E-state index < -0.39 is 0 Å². The van der Waals surface area contributed by atoms with Crippen molar-refractivity contribution in [2.45, 2.75) is 32.4 Å². The molecule has 1 N–H and O–H groups in total. The van der Waals surface area contributed by atoms with E-state index in [1.165, 1.54) is 28.2 Å². The zero-order valence-electron chi connectivity index (χ0n) is 12.8. The van der Waals surface area contributed by atoms with Crippen LogP contribution in [0, 0.1) is 12.8 Å². The van der Waals surface area contributed by atoms with Gasteiger partial charge in [-0.2, -0.15) is 0 Å². The van der Waals surface area contributed by atoms with E-state index in [4.69, 9.17) is 9.47 Å². The fourth-order valence-electron chi connectivity index (χ4n) is 3.03. The van der Waals surface area contributed by atoms with Crippen molar-refractivity contribution in [2.24, 2.45) is 5.92 Å². The van der Waals surface area contributed by atoms with Gasteiger partial charge in [-0.3, -0.25) is 0 Å². The van der Waals surface area contributed by atoms with Gasteiger partial charge in [-0.1, -0.05) is 6.07 Å². The number of hydrogen-bond acceptors (Lipinski definition) is 4. The molecule has 22 heavy (non-hydrogen) atoms. The van der Waals surface area contributed by atoms with Crippen molar-refractivity contribution in [3.8, 4) is 11.5 Å². The SMILES string of the molecule is Cc1ccc(CNC(c2ccc3c(c2)OCCO3)C2CC2)s1. The second-order valence-corrected chi connectivity index (χ2v) is 7.48. The van der Waals surface area contributed by atoms with Crippen LogP contribution in [0.1, 0.15) is 34.2 Å². The van der Waals surface area contributed by atoms with Crippen LogP contribution >= 0.6 is 11.3 Å². The van der Waals surface area contributed by atoms with Crippen LogP contribution in [0.2, 0.25) is 0 Å². The molecule has 1 atom stereocenters. The number of benzene rings is 1. The van der Waals surface area contributed by atoms with E-state index in [0.29, 0.717) is 19.3 Å². The number of ether oxygens (including phenoxy) is 2. The molecule has 2 heterocycles. The quantitative estimate of drug-likeness (QED) is 0.902. The van der Waals surface area contributed by atoms with E-state index >= 15 is 0 Å². The average molecular weight is 315 g/mol. The topological polar surface area (TPSA) is 30.5 Å². The molecular weight excluding hydrogens is 294 g/mol. The summed E-state index contributed by atoms with van der Waals surface area (Å²) >= 11 is 1.87. The van der Waals surface area contributed by atoms with Gasteiger partial charge in [-0.25, -0.2) is 0 Å². The second-order valence-electron chi connectivity index (χ2n) is 6.11. The van der Waals surface area contributed by atoms with E-state index in [9.17, 15) is 0 Å². The Morgan fingerprint density at radius 2 is 1.95 bits per heavy atom. The second kappa shape index (κ2) is 5.94. The minimum absolute atomic E-state index is 0.415. The lowest BCUT2D eigenvalue weighted by molar-refractivity contribution is 0.171. The van der Waals surface area contributed by atoms with Gasteiger partial charge in [-0.15, -0.1) is 11.3 Å². The minimum atomic E-state index is 0.415. The van der Waals surface area contributed by atoms with Gasteiger partial charge in [0.2, 0.25) is 0 Å². The van der Waals surface area contributed by atoms with E-state index in [1.54, 1.807) is 0 Å². The van der Waals surface area contributed by atoms with Crippen LogP contribution in [0.3, 0.4) is 0 Å². The molecule has 1 aromatic carbocycles. The Kier molecular flexibility index (Phi) is 3.80. The number of fused-ring (bicyclic) bond motifs is 1. The Balaban J connectivity index is 1.51. The summed E-state index contributed by atoms with van der Waals surface area (Å²) < 4.78 is 11.4. The van der Waals surface area contributed by atoms with Crippen LogP contribution < -0.4 is 14.8 Å². The lowest BCUT2D eigenvalue weighted by atomic mass is 10.0. The molecular formula is C18H21NO2S. The molecule has 2 aromatic rings. The molecule has 0 bridgehead atoms. The van der Waals surface area contributed by atoms with Crippen LogP contribution in [0.25, 0.3) is 0 Å². The van der Waals surface area contributed by atoms with Crippen molar-refractivity contribution in [1.82, 2.24) is 5.32 Å². The molecule has 0 saturated heterocycles. The van der Waals surface area contributed by atoms with Gasteiger partial charge in [0.1, 0.15) is 13.2 Å². The molecule has 2 aliphatic rings. The maximum atomic E-state index is 5.73. The fraction of sp³-hybridized carbons (Fsp3) is 0.444. The standard InChI is InChI=1S/C18H21NO2S/c1-12-2-6-15(22-12)11-19-18(13-3-4-13)14-5-7-16-17(10-14)21-9-8-20-16/h2,5-7,10,13,18-19H,3-4,8-9,11H2,1H3. The number of rotatable bonds is 5. The molecule has 1 aliphatic heterocycles. The van der Waals surface area contributed by atoms with Crippen molar-refractivity contribution >= 4 is 11.3 Å². The van der Waals surface area contributed by atoms with Crippen molar-refractivity contribution in [3.05, 3.63) is 45.6 Å². The van der Waals surface area contributed by atoms with Crippen LogP contribution in [0.4, 0.5) is 0 Å². The maximum Gasteiger partial charge on any atom is 0.161 e. The van der Waals surface area contributed by atoms with Crippen LogP contribution in [0.15, 0.2) is 30.3 Å². The number of nitrogens with one attached hydrogen (secondary N) is 1. The Bertz CT molecular complexity index is 663. The fourth-order valence-corrected chi connectivity index (χ4v) is 3.87. The molecule has 4 rings (SSSR count). The normalized spacial score (nSPS) is 18.2. The first-order valence-electron chi connectivity index (χ1n) is 7.98. The summed E-state index contributed by atoms with van der Waals surface area (Å²) in [5.41, 5.74) is 1.32. The summed E-state index contributed by atoms with van der Waals surface area (Å²) in [5, 5.41) is 3.75. The Hall–Kier alpha value is -1.52. The molecule has 116 valence electrons. The van der Waals surface area contributed by atoms with Crippen LogP contribution in [0.5, 0.6) is 11.5 Å². The van der Waals surface area contributed by atoms with Gasteiger partial charge in [-0.05, 0) is 55.5 Å². The zero-order valence-corrected chi connectivity index (χ0v) is 13.6. The third kappa shape index (κ3) is 2.99. The lowest BCUT2D eigenvalue weighted by Crippen LogP contribution is -2.23. The smallest absolute Gasteiger partial charge is 0.161 e. The highest BCUT2D eigenvalue weighted by molar-refractivity contribution is 7.11. The molecule has 0 spiro atoms. The summed E-state index contributed by atoms with van der Waals surface area (Å²) in [7, 11) is 0. The third-order valence-corrected chi connectivity index (χ3v) is 5.31. The van der Waals surface area contributed by atoms with Crippen LogP contribution in [-0.4, -0.2) is 13.2 Å². The summed E-state index contributed by atoms with van der Waals surface area (Å²) in [6.45, 7) is 4.39. The molecule has 1 saturated carbocycles. The van der Waals surface area contributed by atoms with E-state index in [0.717, 1.165) is 24.0 Å². The van der Waals surface area contributed by atoms with Crippen molar-refractivity contribution in [2.75, 3.05) is 13.2 Å². The Morgan fingerprint density at radius 1 is 1.14 bits per heavy atom. The first kappa shape index (κ1) is 14.1. The Morgan fingerprint density at radius 3 is 2.68 bits per heavy atom. The molecule has 0 radical (unpaired) electrons.